The molecule has 0 saturated heterocycles. The van der Waals surface area contributed by atoms with Crippen LogP contribution in [0.15, 0.2) is 24.3 Å². The van der Waals surface area contributed by atoms with Gasteiger partial charge in [0.2, 0.25) is 0 Å². The van der Waals surface area contributed by atoms with Gasteiger partial charge in [0.1, 0.15) is 0 Å². The zero-order valence-corrected chi connectivity index (χ0v) is 8.22. The van der Waals surface area contributed by atoms with Crippen LogP contribution in [-0.2, 0) is 6.42 Å². The fraction of sp³-hybridized carbons (Fsp3) is 0.273. The molecule has 1 aromatic carbocycles. The van der Waals surface area contributed by atoms with E-state index in [9.17, 15) is 10.1 Å². The summed E-state index contributed by atoms with van der Waals surface area (Å²) in [6.07, 6.45) is 5.54. The number of nitrogens with zero attached hydrogens (tertiary/aromatic N) is 1. The third kappa shape index (κ3) is 2.05. The zero-order chi connectivity index (χ0) is 10.8. The smallest absolute Gasteiger partial charge is 0.270 e. The SMILES string of the molecule is NC1C=Cc2cc([N+](=O)[O-])ccc2CC1. The summed E-state index contributed by atoms with van der Waals surface area (Å²) in [6, 6.07) is 5.01. The number of hydrogen-bond donors (Lipinski definition) is 1. The minimum atomic E-state index is -0.376. The number of hydrogen-bond acceptors (Lipinski definition) is 3. The summed E-state index contributed by atoms with van der Waals surface area (Å²) in [7, 11) is 0. The highest BCUT2D eigenvalue weighted by atomic mass is 16.6. The summed E-state index contributed by atoms with van der Waals surface area (Å²) in [4.78, 5) is 10.2. The second-order valence-corrected chi connectivity index (χ2v) is 3.70. The number of nitrogens with two attached hydrogens (primary N) is 1. The van der Waals surface area contributed by atoms with Gasteiger partial charge in [-0.3, -0.25) is 10.1 Å². The van der Waals surface area contributed by atoms with Gasteiger partial charge in [0, 0.05) is 18.2 Å². The van der Waals surface area contributed by atoms with E-state index >= 15 is 0 Å². The maximum absolute atomic E-state index is 10.6. The molecular formula is C11H12N2O2. The Morgan fingerprint density at radius 1 is 1.47 bits per heavy atom. The second-order valence-electron chi connectivity index (χ2n) is 3.70. The molecule has 1 aromatic rings. The lowest BCUT2D eigenvalue weighted by atomic mass is 10.0. The van der Waals surface area contributed by atoms with Crippen LogP contribution in [-0.4, -0.2) is 11.0 Å². The van der Waals surface area contributed by atoms with Crippen LogP contribution in [0.5, 0.6) is 0 Å². The Morgan fingerprint density at radius 2 is 2.27 bits per heavy atom. The molecule has 0 fully saturated rings. The molecule has 0 bridgehead atoms. The van der Waals surface area contributed by atoms with Crippen LogP contribution in [0.1, 0.15) is 17.5 Å². The standard InChI is InChI=1S/C11H12N2O2/c12-10-4-1-8-3-6-11(13(14)15)7-9(8)2-5-10/h2-3,5-7,10H,1,4,12H2. The Kier molecular flexibility index (Phi) is 2.51. The van der Waals surface area contributed by atoms with Crippen molar-refractivity contribution >= 4 is 11.8 Å². The Morgan fingerprint density at radius 3 is 3.00 bits per heavy atom. The molecule has 0 aromatic heterocycles. The summed E-state index contributed by atoms with van der Waals surface area (Å²) in [5.41, 5.74) is 7.97. The van der Waals surface area contributed by atoms with Gasteiger partial charge in [0.05, 0.1) is 4.92 Å². The van der Waals surface area contributed by atoms with Gasteiger partial charge in [0.15, 0.2) is 0 Å². The van der Waals surface area contributed by atoms with E-state index in [-0.39, 0.29) is 16.7 Å². The molecule has 0 radical (unpaired) electrons. The molecule has 4 heteroatoms. The molecule has 1 atom stereocenters. The third-order valence-electron chi connectivity index (χ3n) is 2.61. The molecular weight excluding hydrogens is 192 g/mol. The van der Waals surface area contributed by atoms with Crippen LogP contribution in [0, 0.1) is 10.1 Å². The van der Waals surface area contributed by atoms with Gasteiger partial charge in [-0.2, -0.15) is 0 Å². The molecule has 0 spiro atoms. The zero-order valence-electron chi connectivity index (χ0n) is 8.22. The minimum absolute atomic E-state index is 0.0523. The largest absolute Gasteiger partial charge is 0.324 e. The van der Waals surface area contributed by atoms with Crippen LogP contribution in [0.3, 0.4) is 0 Å². The van der Waals surface area contributed by atoms with E-state index in [1.54, 1.807) is 12.1 Å². The fourth-order valence-electron chi connectivity index (χ4n) is 1.72. The predicted octanol–water partition coefficient (Wildman–Crippen LogP) is 1.88. The maximum Gasteiger partial charge on any atom is 0.270 e. The molecule has 2 N–H and O–H groups in total. The summed E-state index contributed by atoms with van der Waals surface area (Å²) >= 11 is 0. The van der Waals surface area contributed by atoms with Crippen molar-refractivity contribution in [3.8, 4) is 0 Å². The number of aryl methyl sites for hydroxylation is 1. The van der Waals surface area contributed by atoms with Crippen molar-refractivity contribution in [3.63, 3.8) is 0 Å². The number of fused-ring (bicyclic) bond motifs is 1. The molecule has 0 amide bonds. The van der Waals surface area contributed by atoms with Crippen LogP contribution in [0.2, 0.25) is 0 Å². The summed E-state index contributed by atoms with van der Waals surface area (Å²) in [6.45, 7) is 0. The van der Waals surface area contributed by atoms with E-state index in [1.165, 1.54) is 0 Å². The molecule has 1 unspecified atom stereocenters. The van der Waals surface area contributed by atoms with Crippen molar-refractivity contribution in [2.24, 2.45) is 5.73 Å². The lowest BCUT2D eigenvalue weighted by Crippen LogP contribution is -2.16. The van der Waals surface area contributed by atoms with Gasteiger partial charge in [-0.1, -0.05) is 18.2 Å². The first-order valence-corrected chi connectivity index (χ1v) is 4.88. The van der Waals surface area contributed by atoms with E-state index in [2.05, 4.69) is 0 Å². The molecule has 0 saturated carbocycles. The van der Waals surface area contributed by atoms with Crippen molar-refractivity contribution in [1.29, 1.82) is 0 Å². The van der Waals surface area contributed by atoms with E-state index in [1.807, 2.05) is 18.2 Å². The van der Waals surface area contributed by atoms with Crippen molar-refractivity contribution in [3.05, 3.63) is 45.5 Å². The number of nitro benzene ring substituents is 1. The Labute approximate surface area is 87.6 Å². The van der Waals surface area contributed by atoms with Crippen molar-refractivity contribution in [2.45, 2.75) is 18.9 Å². The Bertz CT molecular complexity index is 427. The molecule has 15 heavy (non-hydrogen) atoms. The van der Waals surface area contributed by atoms with Gasteiger partial charge in [-0.05, 0) is 24.0 Å². The number of non-ortho nitro benzene ring substituents is 1. The quantitative estimate of drug-likeness (QED) is 0.561. The van der Waals surface area contributed by atoms with E-state index in [0.717, 1.165) is 24.0 Å². The first kappa shape index (κ1) is 9.86. The first-order valence-electron chi connectivity index (χ1n) is 4.88. The summed E-state index contributed by atoms with van der Waals surface area (Å²) in [5, 5.41) is 10.6. The molecule has 1 aliphatic carbocycles. The van der Waals surface area contributed by atoms with Crippen LogP contribution < -0.4 is 5.73 Å². The third-order valence-corrected chi connectivity index (χ3v) is 2.61. The van der Waals surface area contributed by atoms with Crippen LogP contribution in [0.25, 0.3) is 6.08 Å². The lowest BCUT2D eigenvalue weighted by Gasteiger charge is -2.03. The van der Waals surface area contributed by atoms with Gasteiger partial charge in [-0.25, -0.2) is 0 Å². The Balaban J connectivity index is 2.42. The molecule has 4 nitrogen and oxygen atoms in total. The molecule has 1 aliphatic rings. The highest BCUT2D eigenvalue weighted by Gasteiger charge is 2.12. The monoisotopic (exact) mass is 204 g/mol. The van der Waals surface area contributed by atoms with Crippen LogP contribution >= 0.6 is 0 Å². The highest BCUT2D eigenvalue weighted by molar-refractivity contribution is 5.59. The minimum Gasteiger partial charge on any atom is -0.324 e. The number of nitro groups is 1. The van der Waals surface area contributed by atoms with E-state index in [4.69, 9.17) is 5.73 Å². The van der Waals surface area contributed by atoms with Gasteiger partial charge >= 0.3 is 0 Å². The van der Waals surface area contributed by atoms with Gasteiger partial charge in [0.25, 0.3) is 5.69 Å². The molecule has 0 aliphatic heterocycles. The fourth-order valence-corrected chi connectivity index (χ4v) is 1.72. The number of benzene rings is 1. The van der Waals surface area contributed by atoms with E-state index in [0.29, 0.717) is 0 Å². The predicted molar refractivity (Wildman–Crippen MR) is 58.4 cm³/mol. The van der Waals surface area contributed by atoms with E-state index < -0.39 is 0 Å². The molecule has 2 rings (SSSR count). The lowest BCUT2D eigenvalue weighted by molar-refractivity contribution is -0.384. The Hall–Kier alpha value is -1.68. The average molecular weight is 204 g/mol. The first-order chi connectivity index (χ1) is 7.16. The second kappa shape index (κ2) is 3.82. The highest BCUT2D eigenvalue weighted by Crippen LogP contribution is 2.23. The maximum atomic E-state index is 10.6. The molecule has 0 heterocycles. The summed E-state index contributed by atoms with van der Waals surface area (Å²) in [5.74, 6) is 0. The average Bonchev–Trinajstić information content (AvgIpc) is 2.40. The van der Waals surface area contributed by atoms with Crippen molar-refractivity contribution in [1.82, 2.24) is 0 Å². The van der Waals surface area contributed by atoms with Gasteiger partial charge in [-0.15, -0.1) is 0 Å². The van der Waals surface area contributed by atoms with Crippen molar-refractivity contribution in [2.75, 3.05) is 0 Å². The molecule has 78 valence electrons. The normalized spacial score (nSPS) is 19.4. The topological polar surface area (TPSA) is 69.2 Å². The van der Waals surface area contributed by atoms with Crippen LogP contribution in [0.4, 0.5) is 5.69 Å². The van der Waals surface area contributed by atoms with Gasteiger partial charge < -0.3 is 5.73 Å². The van der Waals surface area contributed by atoms with Crippen molar-refractivity contribution < 1.29 is 4.92 Å². The summed E-state index contributed by atoms with van der Waals surface area (Å²) < 4.78 is 0. The number of rotatable bonds is 1.